The summed E-state index contributed by atoms with van der Waals surface area (Å²) < 4.78 is 0. The number of carbonyl (C=O) groups excluding carboxylic acids is 1. The van der Waals surface area contributed by atoms with E-state index < -0.39 is 0 Å². The molecular weight excluding hydrogens is 238 g/mol. The van der Waals surface area contributed by atoms with Gasteiger partial charge in [0.2, 0.25) is 0 Å². The lowest BCUT2D eigenvalue weighted by Gasteiger charge is -2.23. The fourth-order valence-electron chi connectivity index (χ4n) is 2.32. The Morgan fingerprint density at radius 2 is 2.00 bits per heavy atom. The number of amides is 1. The maximum Gasteiger partial charge on any atom is 0.255 e. The average molecular weight is 263 g/mol. The summed E-state index contributed by atoms with van der Waals surface area (Å²) in [4.78, 5) is 16.3. The molecule has 1 heterocycles. The summed E-state index contributed by atoms with van der Waals surface area (Å²) >= 11 is 0. The van der Waals surface area contributed by atoms with Crippen molar-refractivity contribution < 1.29 is 4.79 Å². The van der Waals surface area contributed by atoms with Gasteiger partial charge in [0, 0.05) is 25.0 Å². The van der Waals surface area contributed by atoms with Crippen molar-refractivity contribution in [2.24, 2.45) is 5.92 Å². The second-order valence-corrected chi connectivity index (χ2v) is 4.79. The number of rotatable bonds is 7. The first kappa shape index (κ1) is 15.5. The minimum absolute atomic E-state index is 0.0524. The van der Waals surface area contributed by atoms with E-state index in [9.17, 15) is 4.79 Å². The highest BCUT2D eigenvalue weighted by atomic mass is 16.1. The van der Waals surface area contributed by atoms with Crippen LogP contribution < -0.4 is 10.6 Å². The number of nitrogens with zero attached hydrogens (tertiary/aromatic N) is 1. The molecule has 1 amide bonds. The summed E-state index contributed by atoms with van der Waals surface area (Å²) in [5, 5.41) is 6.26. The summed E-state index contributed by atoms with van der Waals surface area (Å²) in [6.45, 7) is 9.18. The highest BCUT2D eigenvalue weighted by molar-refractivity contribution is 5.99. The van der Waals surface area contributed by atoms with Gasteiger partial charge in [-0.3, -0.25) is 9.78 Å². The zero-order valence-corrected chi connectivity index (χ0v) is 12.4. The number of nitrogens with one attached hydrogen (secondary N) is 2. The molecule has 2 N–H and O–H groups in total. The third-order valence-electron chi connectivity index (χ3n) is 3.55. The van der Waals surface area contributed by atoms with E-state index in [-0.39, 0.29) is 11.9 Å². The molecule has 1 unspecified atom stereocenters. The van der Waals surface area contributed by atoms with E-state index in [2.05, 4.69) is 36.4 Å². The van der Waals surface area contributed by atoms with Gasteiger partial charge < -0.3 is 10.6 Å². The SMILES string of the molecule is CCNc1ccncc1C(=O)NC(C)C(CC)CC. The molecule has 0 aliphatic rings. The number of carbonyl (C=O) groups is 1. The Labute approximate surface area is 116 Å². The normalized spacial score (nSPS) is 12.3. The van der Waals surface area contributed by atoms with Crippen LogP contribution in [0.1, 0.15) is 50.9 Å². The number of pyridine rings is 1. The van der Waals surface area contributed by atoms with E-state index in [1.807, 2.05) is 13.0 Å². The summed E-state index contributed by atoms with van der Waals surface area (Å²) in [5.74, 6) is 0.464. The first-order chi connectivity index (χ1) is 9.13. The minimum Gasteiger partial charge on any atom is -0.385 e. The monoisotopic (exact) mass is 263 g/mol. The van der Waals surface area contributed by atoms with Crippen molar-refractivity contribution >= 4 is 11.6 Å². The van der Waals surface area contributed by atoms with Gasteiger partial charge in [0.25, 0.3) is 5.91 Å². The minimum atomic E-state index is -0.0524. The fourth-order valence-corrected chi connectivity index (χ4v) is 2.32. The zero-order chi connectivity index (χ0) is 14.3. The molecule has 0 spiro atoms. The molecule has 1 atom stereocenters. The second kappa shape index (κ2) is 7.77. The number of aromatic nitrogens is 1. The van der Waals surface area contributed by atoms with Crippen molar-refractivity contribution in [3.05, 3.63) is 24.0 Å². The van der Waals surface area contributed by atoms with Crippen molar-refractivity contribution in [2.45, 2.75) is 46.6 Å². The van der Waals surface area contributed by atoms with Gasteiger partial charge in [-0.25, -0.2) is 0 Å². The van der Waals surface area contributed by atoms with Crippen LogP contribution in [0.2, 0.25) is 0 Å². The number of anilines is 1. The van der Waals surface area contributed by atoms with Crippen molar-refractivity contribution in [1.29, 1.82) is 0 Å². The van der Waals surface area contributed by atoms with Crippen LogP contribution >= 0.6 is 0 Å². The first-order valence-electron chi connectivity index (χ1n) is 7.12. The Balaban J connectivity index is 2.77. The van der Waals surface area contributed by atoms with E-state index in [4.69, 9.17) is 0 Å². The van der Waals surface area contributed by atoms with Crippen LogP contribution in [0.15, 0.2) is 18.5 Å². The zero-order valence-electron chi connectivity index (χ0n) is 12.4. The Morgan fingerprint density at radius 3 is 2.58 bits per heavy atom. The molecule has 4 nitrogen and oxygen atoms in total. The third kappa shape index (κ3) is 4.23. The van der Waals surface area contributed by atoms with Crippen LogP contribution in [0.3, 0.4) is 0 Å². The van der Waals surface area contributed by atoms with Crippen molar-refractivity contribution in [3.63, 3.8) is 0 Å². The number of hydrogen-bond acceptors (Lipinski definition) is 3. The predicted octanol–water partition coefficient (Wildman–Crippen LogP) is 3.07. The fraction of sp³-hybridized carbons (Fsp3) is 0.600. The molecule has 0 radical (unpaired) electrons. The summed E-state index contributed by atoms with van der Waals surface area (Å²) in [7, 11) is 0. The highest BCUT2D eigenvalue weighted by Gasteiger charge is 2.18. The lowest BCUT2D eigenvalue weighted by molar-refractivity contribution is 0.0925. The molecular formula is C15H25N3O. The standard InChI is InChI=1S/C15H25N3O/c1-5-12(6-2)11(4)18-15(19)13-10-16-9-8-14(13)17-7-3/h8-12H,5-7H2,1-4H3,(H,16,17)(H,18,19). The molecule has 0 bridgehead atoms. The maximum atomic E-state index is 12.3. The Kier molecular flexibility index (Phi) is 6.33. The van der Waals surface area contributed by atoms with E-state index in [1.165, 1.54) is 0 Å². The van der Waals surface area contributed by atoms with Gasteiger partial charge in [-0.05, 0) is 25.8 Å². The van der Waals surface area contributed by atoms with Crippen LogP contribution in [-0.2, 0) is 0 Å². The van der Waals surface area contributed by atoms with Crippen LogP contribution in [0.4, 0.5) is 5.69 Å². The molecule has 106 valence electrons. The Bertz CT molecular complexity index is 402. The van der Waals surface area contributed by atoms with Gasteiger partial charge in [-0.15, -0.1) is 0 Å². The van der Waals surface area contributed by atoms with Crippen LogP contribution in [-0.4, -0.2) is 23.5 Å². The lowest BCUT2D eigenvalue weighted by atomic mass is 9.95. The van der Waals surface area contributed by atoms with Crippen molar-refractivity contribution in [3.8, 4) is 0 Å². The van der Waals surface area contributed by atoms with Gasteiger partial charge in [-0.1, -0.05) is 26.7 Å². The van der Waals surface area contributed by atoms with Crippen molar-refractivity contribution in [1.82, 2.24) is 10.3 Å². The summed E-state index contributed by atoms with van der Waals surface area (Å²) in [6.07, 6.45) is 5.46. The largest absolute Gasteiger partial charge is 0.385 e. The van der Waals surface area contributed by atoms with Crippen molar-refractivity contribution in [2.75, 3.05) is 11.9 Å². The van der Waals surface area contributed by atoms with Gasteiger partial charge in [0.1, 0.15) is 0 Å². The summed E-state index contributed by atoms with van der Waals surface area (Å²) in [6, 6.07) is 2.01. The number of hydrogen-bond donors (Lipinski definition) is 2. The molecule has 1 aromatic rings. The molecule has 0 aliphatic carbocycles. The molecule has 0 saturated carbocycles. The topological polar surface area (TPSA) is 54.0 Å². The molecule has 0 fully saturated rings. The van der Waals surface area contributed by atoms with Crippen LogP contribution in [0.5, 0.6) is 0 Å². The molecule has 0 aromatic carbocycles. The van der Waals surface area contributed by atoms with Crippen LogP contribution in [0.25, 0.3) is 0 Å². The highest BCUT2D eigenvalue weighted by Crippen LogP contribution is 2.16. The van der Waals surface area contributed by atoms with Gasteiger partial charge in [0.15, 0.2) is 0 Å². The molecule has 1 aromatic heterocycles. The molecule has 1 rings (SSSR count). The first-order valence-corrected chi connectivity index (χ1v) is 7.12. The Morgan fingerprint density at radius 1 is 1.32 bits per heavy atom. The lowest BCUT2D eigenvalue weighted by Crippen LogP contribution is -2.38. The molecule has 0 saturated heterocycles. The third-order valence-corrected chi connectivity index (χ3v) is 3.55. The molecule has 4 heteroatoms. The maximum absolute atomic E-state index is 12.3. The molecule has 19 heavy (non-hydrogen) atoms. The van der Waals surface area contributed by atoms with Gasteiger partial charge in [-0.2, -0.15) is 0 Å². The second-order valence-electron chi connectivity index (χ2n) is 4.79. The predicted molar refractivity (Wildman–Crippen MR) is 79.4 cm³/mol. The van der Waals surface area contributed by atoms with E-state index >= 15 is 0 Å². The smallest absolute Gasteiger partial charge is 0.255 e. The van der Waals surface area contributed by atoms with Gasteiger partial charge in [0.05, 0.1) is 11.3 Å². The molecule has 0 aliphatic heterocycles. The Hall–Kier alpha value is -1.58. The van der Waals surface area contributed by atoms with E-state index in [0.29, 0.717) is 11.5 Å². The van der Waals surface area contributed by atoms with E-state index in [0.717, 1.165) is 25.1 Å². The average Bonchev–Trinajstić information content (AvgIpc) is 2.41. The van der Waals surface area contributed by atoms with Crippen LogP contribution in [0, 0.1) is 5.92 Å². The van der Waals surface area contributed by atoms with E-state index in [1.54, 1.807) is 12.4 Å². The summed E-state index contributed by atoms with van der Waals surface area (Å²) in [5.41, 5.74) is 1.45. The van der Waals surface area contributed by atoms with Gasteiger partial charge >= 0.3 is 0 Å². The quantitative estimate of drug-likeness (QED) is 0.795.